The predicted molar refractivity (Wildman–Crippen MR) is 168 cm³/mol. The highest BCUT2D eigenvalue weighted by molar-refractivity contribution is 6.05. The zero-order valence-electron chi connectivity index (χ0n) is 26.2. The third kappa shape index (κ3) is 5.33. The standard InChI is InChI=1S/C34H43N5O4.CHN/c1-2-37-32-29(31(34(42)38-15-12-23-18-26(23)38)36-39(32)24-13-16-43-17-14-24)28(21-10-11-21)30(33(37)41)35-27(40)19-22-8-5-7-20-6-3-4-9-25(20)22;1-2/h3-4,6,9,21-24,26,28,30H,2,5,7-8,10-19H2,1H3,(H,35,40);1H. The number of aryl methyl sites for hydroxylation is 1. The maximum Gasteiger partial charge on any atom is 0.274 e. The molecule has 8 rings (SSSR count). The first-order valence-electron chi connectivity index (χ1n) is 17.0. The quantitative estimate of drug-likeness (QED) is 0.493. The molecule has 5 unspecified atom stereocenters. The molecule has 0 bridgehead atoms. The lowest BCUT2D eigenvalue weighted by Gasteiger charge is -2.39. The van der Waals surface area contributed by atoms with Gasteiger partial charge in [0.25, 0.3) is 11.8 Å². The number of rotatable bonds is 7. The van der Waals surface area contributed by atoms with E-state index in [2.05, 4.69) is 36.2 Å². The van der Waals surface area contributed by atoms with Crippen molar-refractivity contribution in [3.63, 3.8) is 0 Å². The summed E-state index contributed by atoms with van der Waals surface area (Å²) in [5.74, 6) is 1.46. The number of aromatic nitrogens is 2. The summed E-state index contributed by atoms with van der Waals surface area (Å²) in [7, 11) is 0. The molecule has 2 saturated heterocycles. The Labute approximate surface area is 265 Å². The van der Waals surface area contributed by atoms with Crippen LogP contribution >= 0.6 is 0 Å². The maximum atomic E-state index is 14.4. The van der Waals surface area contributed by atoms with E-state index in [1.807, 2.05) is 16.5 Å². The number of anilines is 1. The fraction of sp³-hybridized carbons (Fsp3) is 0.629. The Bertz CT molecular complexity index is 1490. The monoisotopic (exact) mass is 612 g/mol. The highest BCUT2D eigenvalue weighted by Crippen LogP contribution is 2.53. The van der Waals surface area contributed by atoms with E-state index < -0.39 is 6.04 Å². The van der Waals surface area contributed by atoms with Crippen molar-refractivity contribution in [2.75, 3.05) is 31.2 Å². The maximum absolute atomic E-state index is 14.4. The fourth-order valence-electron chi connectivity index (χ4n) is 8.67. The lowest BCUT2D eigenvalue weighted by molar-refractivity contribution is -0.129. The molecule has 3 aliphatic carbocycles. The number of nitrogens with zero attached hydrogens (tertiary/aromatic N) is 5. The van der Waals surface area contributed by atoms with Gasteiger partial charge in [0.15, 0.2) is 5.69 Å². The highest BCUT2D eigenvalue weighted by atomic mass is 16.5. The van der Waals surface area contributed by atoms with E-state index in [1.54, 1.807) is 4.90 Å². The number of piperidine rings is 1. The van der Waals surface area contributed by atoms with Crippen LogP contribution in [0.2, 0.25) is 0 Å². The number of nitriles is 1. The van der Waals surface area contributed by atoms with Crippen LogP contribution in [0.3, 0.4) is 0 Å². The summed E-state index contributed by atoms with van der Waals surface area (Å²) in [4.78, 5) is 46.2. The number of amides is 3. The molecule has 0 radical (unpaired) electrons. The Kier molecular flexibility index (Phi) is 8.15. The number of likely N-dealkylation sites (N-methyl/N-ethyl adjacent to an activating group) is 1. The van der Waals surface area contributed by atoms with E-state index in [-0.39, 0.29) is 41.5 Å². The van der Waals surface area contributed by atoms with Gasteiger partial charge in [0, 0.05) is 56.8 Å². The number of fused-ring (bicyclic) bond motifs is 3. The first-order valence-corrected chi connectivity index (χ1v) is 17.0. The summed E-state index contributed by atoms with van der Waals surface area (Å²) in [6.45, 7) is 8.01. The molecule has 2 aromatic rings. The summed E-state index contributed by atoms with van der Waals surface area (Å²) in [5, 5.41) is 14.9. The van der Waals surface area contributed by atoms with Crippen LogP contribution in [-0.2, 0) is 20.7 Å². The Balaban J connectivity index is 0.00000160. The van der Waals surface area contributed by atoms with Crippen LogP contribution in [-0.4, -0.2) is 70.8 Å². The number of carbonyl (C=O) groups excluding carboxylic acids is 3. The minimum atomic E-state index is -0.683. The average molecular weight is 613 g/mol. The van der Waals surface area contributed by atoms with E-state index >= 15 is 0 Å². The van der Waals surface area contributed by atoms with E-state index in [1.165, 1.54) is 11.1 Å². The van der Waals surface area contributed by atoms with Crippen molar-refractivity contribution in [3.05, 3.63) is 46.6 Å². The molecular weight excluding hydrogens is 568 g/mol. The van der Waals surface area contributed by atoms with Gasteiger partial charge in [0.1, 0.15) is 11.9 Å². The molecule has 10 heteroatoms. The van der Waals surface area contributed by atoms with Crippen LogP contribution in [0.1, 0.15) is 110 Å². The molecular formula is C35H44N6O4. The number of hydrogen-bond acceptors (Lipinski definition) is 6. The zero-order valence-corrected chi connectivity index (χ0v) is 26.2. The zero-order chi connectivity index (χ0) is 31.2. The van der Waals surface area contributed by atoms with Gasteiger partial charge in [-0.1, -0.05) is 24.3 Å². The number of nitrogens with one attached hydrogen (secondary N) is 1. The topological polar surface area (TPSA) is 121 Å². The van der Waals surface area contributed by atoms with E-state index in [9.17, 15) is 14.4 Å². The summed E-state index contributed by atoms with van der Waals surface area (Å²) in [6.07, 6.45) is 9.24. The van der Waals surface area contributed by atoms with E-state index in [4.69, 9.17) is 15.1 Å². The van der Waals surface area contributed by atoms with Crippen LogP contribution in [0, 0.1) is 23.7 Å². The molecule has 4 fully saturated rings. The molecule has 1 N–H and O–H groups in total. The van der Waals surface area contributed by atoms with Gasteiger partial charge in [-0.3, -0.25) is 19.3 Å². The first kappa shape index (κ1) is 30.0. The predicted octanol–water partition coefficient (Wildman–Crippen LogP) is 4.46. The molecule has 1 aromatic carbocycles. The molecule has 0 spiro atoms. The van der Waals surface area contributed by atoms with Gasteiger partial charge in [0.2, 0.25) is 5.91 Å². The van der Waals surface area contributed by atoms with Gasteiger partial charge in [-0.2, -0.15) is 5.10 Å². The Hall–Kier alpha value is -3.71. The van der Waals surface area contributed by atoms with E-state index in [0.717, 1.165) is 75.7 Å². The molecule has 45 heavy (non-hydrogen) atoms. The van der Waals surface area contributed by atoms with Crippen LogP contribution in [0.5, 0.6) is 0 Å². The number of hydrogen-bond donors (Lipinski definition) is 1. The molecule has 238 valence electrons. The second-order valence-electron chi connectivity index (χ2n) is 13.7. The molecule has 2 saturated carbocycles. The van der Waals surface area contributed by atoms with Crippen molar-refractivity contribution < 1.29 is 19.1 Å². The minimum Gasteiger partial charge on any atom is -0.381 e. The van der Waals surface area contributed by atoms with Crippen molar-refractivity contribution in [3.8, 4) is 6.57 Å². The summed E-state index contributed by atoms with van der Waals surface area (Å²) >= 11 is 0. The fourth-order valence-corrected chi connectivity index (χ4v) is 8.67. The molecule has 3 aliphatic heterocycles. The smallest absolute Gasteiger partial charge is 0.274 e. The Morgan fingerprint density at radius 3 is 2.53 bits per heavy atom. The normalized spacial score (nSPS) is 28.8. The summed E-state index contributed by atoms with van der Waals surface area (Å²) in [5.41, 5.74) is 4.02. The number of likely N-dealkylation sites (tertiary alicyclic amines) is 1. The van der Waals surface area contributed by atoms with Gasteiger partial charge in [0.05, 0.1) is 6.04 Å². The average Bonchev–Trinajstić information content (AvgIpc) is 3.99. The van der Waals surface area contributed by atoms with Crippen LogP contribution < -0.4 is 10.2 Å². The third-order valence-electron chi connectivity index (χ3n) is 11.1. The number of benzene rings is 1. The van der Waals surface area contributed by atoms with Crippen LogP contribution in [0.15, 0.2) is 24.3 Å². The first-order chi connectivity index (χ1) is 22.0. The second-order valence-corrected chi connectivity index (χ2v) is 13.7. The molecule has 3 amide bonds. The number of carbonyl (C=O) groups is 3. The molecule has 10 nitrogen and oxygen atoms in total. The molecule has 6 aliphatic rings. The van der Waals surface area contributed by atoms with Crippen LogP contribution in [0.4, 0.5) is 5.82 Å². The summed E-state index contributed by atoms with van der Waals surface area (Å²) < 4.78 is 7.66. The van der Waals surface area contributed by atoms with Crippen molar-refractivity contribution in [1.29, 1.82) is 5.26 Å². The SMILES string of the molecule is C#N.CCN1C(=O)C(NC(=O)CC2CCCc3ccccc32)C(C2CC2)c2c(C(=O)N3CCC4CC43)nn(C3CCOCC3)c21. The minimum absolute atomic E-state index is 0.00648. The Morgan fingerprint density at radius 1 is 1.07 bits per heavy atom. The van der Waals surface area contributed by atoms with Crippen molar-refractivity contribution in [1.82, 2.24) is 20.0 Å². The third-order valence-corrected chi connectivity index (χ3v) is 11.1. The van der Waals surface area contributed by atoms with Crippen molar-refractivity contribution >= 4 is 23.5 Å². The van der Waals surface area contributed by atoms with Gasteiger partial charge < -0.3 is 15.0 Å². The van der Waals surface area contributed by atoms with Crippen LogP contribution in [0.25, 0.3) is 0 Å². The van der Waals surface area contributed by atoms with Crippen molar-refractivity contribution in [2.24, 2.45) is 11.8 Å². The second kappa shape index (κ2) is 12.2. The molecule has 4 heterocycles. The lowest BCUT2D eigenvalue weighted by Crippen LogP contribution is -2.56. The lowest BCUT2D eigenvalue weighted by atomic mass is 9.80. The Morgan fingerprint density at radius 2 is 1.84 bits per heavy atom. The van der Waals surface area contributed by atoms with Gasteiger partial charge in [-0.05, 0) is 93.6 Å². The largest absolute Gasteiger partial charge is 0.381 e. The van der Waals surface area contributed by atoms with Gasteiger partial charge in [-0.15, -0.1) is 0 Å². The number of ether oxygens (including phenoxy) is 1. The molecule has 5 atom stereocenters. The molecule has 1 aromatic heterocycles. The summed E-state index contributed by atoms with van der Waals surface area (Å²) in [6, 6.07) is 8.19. The highest BCUT2D eigenvalue weighted by Gasteiger charge is 2.54. The van der Waals surface area contributed by atoms with E-state index in [0.29, 0.717) is 43.8 Å². The van der Waals surface area contributed by atoms with Gasteiger partial charge in [-0.25, -0.2) is 9.94 Å². The van der Waals surface area contributed by atoms with Gasteiger partial charge >= 0.3 is 0 Å². The van der Waals surface area contributed by atoms with Crippen molar-refractivity contribution in [2.45, 2.75) is 101 Å².